The summed E-state index contributed by atoms with van der Waals surface area (Å²) in [6, 6.07) is 11.5. The predicted molar refractivity (Wildman–Crippen MR) is 90.3 cm³/mol. The van der Waals surface area contributed by atoms with Gasteiger partial charge in [-0.3, -0.25) is 9.48 Å². The Morgan fingerprint density at radius 3 is 2.54 bits per heavy atom. The lowest BCUT2D eigenvalue weighted by Crippen LogP contribution is -2.31. The molecule has 0 aliphatic heterocycles. The zero-order valence-corrected chi connectivity index (χ0v) is 13.5. The van der Waals surface area contributed by atoms with E-state index < -0.39 is 0 Å². The van der Waals surface area contributed by atoms with Gasteiger partial charge in [-0.2, -0.15) is 5.10 Å². The summed E-state index contributed by atoms with van der Waals surface area (Å²) in [4.78, 5) is 20.9. The summed E-state index contributed by atoms with van der Waals surface area (Å²) in [5.74, 6) is 0.529. The van der Waals surface area contributed by atoms with Crippen LogP contribution in [-0.2, 0) is 13.0 Å². The van der Waals surface area contributed by atoms with Gasteiger partial charge in [0.15, 0.2) is 0 Å². The first-order valence-electron chi connectivity index (χ1n) is 7.90. The lowest BCUT2D eigenvalue weighted by molar-refractivity contribution is 0.0931. The van der Waals surface area contributed by atoms with Crippen LogP contribution in [0.5, 0.6) is 0 Å². The van der Waals surface area contributed by atoms with Crippen molar-refractivity contribution in [3.8, 4) is 0 Å². The molecule has 3 aromatic rings. The third kappa shape index (κ3) is 3.84. The molecule has 0 spiro atoms. The van der Waals surface area contributed by atoms with Crippen molar-refractivity contribution in [2.45, 2.75) is 25.9 Å². The Bertz CT molecular complexity index is 769. The van der Waals surface area contributed by atoms with Gasteiger partial charge in [0.1, 0.15) is 5.82 Å². The maximum atomic E-state index is 12.5. The highest BCUT2D eigenvalue weighted by molar-refractivity contribution is 5.93. The average molecular weight is 321 g/mol. The van der Waals surface area contributed by atoms with Crippen molar-refractivity contribution in [3.05, 3.63) is 78.1 Å². The van der Waals surface area contributed by atoms with Crippen molar-refractivity contribution in [1.29, 1.82) is 0 Å². The zero-order chi connectivity index (χ0) is 16.8. The van der Waals surface area contributed by atoms with Crippen LogP contribution in [0.25, 0.3) is 0 Å². The Morgan fingerprint density at radius 2 is 1.92 bits per heavy atom. The molecule has 1 amide bonds. The van der Waals surface area contributed by atoms with Crippen LogP contribution in [0.4, 0.5) is 0 Å². The fourth-order valence-corrected chi connectivity index (χ4v) is 2.41. The molecule has 1 aromatic carbocycles. The number of aromatic nitrogens is 4. The molecule has 1 N–H and O–H groups in total. The lowest BCUT2D eigenvalue weighted by atomic mass is 10.1. The van der Waals surface area contributed by atoms with Gasteiger partial charge in [-0.15, -0.1) is 0 Å². The van der Waals surface area contributed by atoms with E-state index in [0.717, 1.165) is 17.8 Å². The molecule has 0 radical (unpaired) electrons. The van der Waals surface area contributed by atoms with Gasteiger partial charge in [-0.25, -0.2) is 9.97 Å². The molecule has 2 heterocycles. The third-order valence-electron chi connectivity index (χ3n) is 3.72. The van der Waals surface area contributed by atoms with Crippen LogP contribution in [-0.4, -0.2) is 25.7 Å². The Hall–Kier alpha value is -3.02. The number of hydrogen-bond donors (Lipinski definition) is 1. The van der Waals surface area contributed by atoms with E-state index in [2.05, 4.69) is 20.4 Å². The number of benzene rings is 1. The zero-order valence-electron chi connectivity index (χ0n) is 13.5. The Morgan fingerprint density at radius 1 is 1.17 bits per heavy atom. The molecule has 0 unspecified atom stereocenters. The molecule has 0 saturated carbocycles. The van der Waals surface area contributed by atoms with E-state index in [-0.39, 0.29) is 11.9 Å². The van der Waals surface area contributed by atoms with Crippen LogP contribution in [0, 0.1) is 0 Å². The van der Waals surface area contributed by atoms with Gasteiger partial charge >= 0.3 is 0 Å². The second-order valence-corrected chi connectivity index (χ2v) is 5.41. The lowest BCUT2D eigenvalue weighted by Gasteiger charge is -2.19. The number of hydrogen-bond acceptors (Lipinski definition) is 4. The predicted octanol–water partition coefficient (Wildman–Crippen LogP) is 2.41. The highest BCUT2D eigenvalue weighted by Crippen LogP contribution is 2.15. The van der Waals surface area contributed by atoms with Gasteiger partial charge in [0.25, 0.3) is 5.91 Å². The monoisotopic (exact) mass is 321 g/mol. The number of nitrogens with one attached hydrogen (secondary N) is 1. The average Bonchev–Trinajstić information content (AvgIpc) is 3.15. The summed E-state index contributed by atoms with van der Waals surface area (Å²) in [5.41, 5.74) is 1.47. The summed E-state index contributed by atoms with van der Waals surface area (Å²) >= 11 is 0. The minimum Gasteiger partial charge on any atom is -0.343 e. The van der Waals surface area contributed by atoms with Crippen LogP contribution in [0.3, 0.4) is 0 Å². The molecule has 1 atom stereocenters. The molecular weight excluding hydrogens is 302 g/mol. The van der Waals surface area contributed by atoms with Gasteiger partial charge in [-0.05, 0) is 11.6 Å². The van der Waals surface area contributed by atoms with Crippen molar-refractivity contribution in [1.82, 2.24) is 25.1 Å². The third-order valence-corrected chi connectivity index (χ3v) is 3.72. The number of aryl methyl sites for hydroxylation is 1. The van der Waals surface area contributed by atoms with Gasteiger partial charge in [0.05, 0.1) is 18.2 Å². The Balaban J connectivity index is 1.78. The largest absolute Gasteiger partial charge is 0.343 e. The van der Waals surface area contributed by atoms with Crippen molar-refractivity contribution in [2.75, 3.05) is 0 Å². The van der Waals surface area contributed by atoms with Crippen molar-refractivity contribution in [2.24, 2.45) is 0 Å². The summed E-state index contributed by atoms with van der Waals surface area (Å²) in [6.45, 7) is 2.53. The van der Waals surface area contributed by atoms with Crippen LogP contribution in [0.1, 0.15) is 34.7 Å². The summed E-state index contributed by atoms with van der Waals surface area (Å²) in [7, 11) is 0. The van der Waals surface area contributed by atoms with Crippen LogP contribution < -0.4 is 5.32 Å². The van der Waals surface area contributed by atoms with E-state index in [0.29, 0.717) is 12.1 Å². The number of nitrogens with zero attached hydrogens (tertiary/aromatic N) is 4. The van der Waals surface area contributed by atoms with E-state index in [1.807, 2.05) is 49.5 Å². The summed E-state index contributed by atoms with van der Waals surface area (Å²) < 4.78 is 1.80. The van der Waals surface area contributed by atoms with E-state index in [1.165, 1.54) is 0 Å². The number of amides is 1. The standard InChI is InChI=1S/C18H19N5O/c1-2-17-19-11-15(12-20-17)18(24)22-16(13-23-10-6-9-21-23)14-7-4-3-5-8-14/h3-12,16H,2,13H2,1H3,(H,22,24)/t16-/m1/s1. The molecule has 0 aliphatic carbocycles. The Kier molecular flexibility index (Phi) is 4.96. The normalized spacial score (nSPS) is 11.9. The molecule has 0 bridgehead atoms. The molecule has 0 fully saturated rings. The summed E-state index contributed by atoms with van der Waals surface area (Å²) in [5, 5.41) is 7.27. The topological polar surface area (TPSA) is 72.7 Å². The number of carbonyl (C=O) groups is 1. The maximum absolute atomic E-state index is 12.5. The van der Waals surface area contributed by atoms with Crippen molar-refractivity contribution in [3.63, 3.8) is 0 Å². The number of rotatable bonds is 6. The quantitative estimate of drug-likeness (QED) is 0.757. The molecule has 6 nitrogen and oxygen atoms in total. The van der Waals surface area contributed by atoms with Gasteiger partial charge in [-0.1, -0.05) is 37.3 Å². The highest BCUT2D eigenvalue weighted by atomic mass is 16.1. The molecular formula is C18H19N5O. The molecule has 122 valence electrons. The summed E-state index contributed by atoms with van der Waals surface area (Å²) in [6.07, 6.45) is 7.48. The molecule has 0 saturated heterocycles. The molecule has 2 aromatic heterocycles. The van der Waals surface area contributed by atoms with E-state index in [1.54, 1.807) is 23.3 Å². The van der Waals surface area contributed by atoms with Crippen LogP contribution >= 0.6 is 0 Å². The first kappa shape index (κ1) is 15.9. The highest BCUT2D eigenvalue weighted by Gasteiger charge is 2.17. The fraction of sp³-hybridized carbons (Fsp3) is 0.222. The van der Waals surface area contributed by atoms with E-state index >= 15 is 0 Å². The van der Waals surface area contributed by atoms with Gasteiger partial charge in [0, 0.05) is 31.2 Å². The molecule has 24 heavy (non-hydrogen) atoms. The van der Waals surface area contributed by atoms with E-state index in [4.69, 9.17) is 0 Å². The van der Waals surface area contributed by atoms with Crippen molar-refractivity contribution >= 4 is 5.91 Å². The second-order valence-electron chi connectivity index (χ2n) is 5.41. The fourth-order valence-electron chi connectivity index (χ4n) is 2.41. The molecule has 3 rings (SSSR count). The minimum absolute atomic E-state index is 0.190. The van der Waals surface area contributed by atoms with Crippen molar-refractivity contribution < 1.29 is 4.79 Å². The van der Waals surface area contributed by atoms with Crippen LogP contribution in [0.15, 0.2) is 61.2 Å². The smallest absolute Gasteiger partial charge is 0.254 e. The second kappa shape index (κ2) is 7.50. The maximum Gasteiger partial charge on any atom is 0.254 e. The van der Waals surface area contributed by atoms with E-state index in [9.17, 15) is 4.79 Å². The molecule has 0 aliphatic rings. The van der Waals surface area contributed by atoms with Gasteiger partial charge < -0.3 is 5.32 Å². The molecule has 6 heteroatoms. The van der Waals surface area contributed by atoms with Gasteiger partial charge in [0.2, 0.25) is 0 Å². The van der Waals surface area contributed by atoms with Crippen LogP contribution in [0.2, 0.25) is 0 Å². The SMILES string of the molecule is CCc1ncc(C(=O)N[C@H](Cn2cccn2)c2ccccc2)cn1. The number of carbonyl (C=O) groups excluding carboxylic acids is 1. The first-order valence-corrected chi connectivity index (χ1v) is 7.90. The minimum atomic E-state index is -0.196. The Labute approximate surface area is 140 Å². The first-order chi connectivity index (χ1) is 11.8.